The molecule has 1 aromatic heterocycles. The van der Waals surface area contributed by atoms with E-state index in [0.717, 1.165) is 4.68 Å². The number of hydrogen-bond donors (Lipinski definition) is 0. The molecule has 18 heavy (non-hydrogen) atoms. The summed E-state index contributed by atoms with van der Waals surface area (Å²) in [6.45, 7) is 4.51. The Morgan fingerprint density at radius 1 is 1.50 bits per heavy atom. The average Bonchev–Trinajstić information content (AvgIpc) is 2.29. The number of carbonyl (C=O) groups excluding carboxylic acids is 1. The van der Waals surface area contributed by atoms with Gasteiger partial charge in [0, 0.05) is 14.1 Å². The Kier molecular flexibility index (Phi) is 4.88. The van der Waals surface area contributed by atoms with Crippen LogP contribution >= 0.6 is 0 Å². The van der Waals surface area contributed by atoms with E-state index in [1.165, 1.54) is 6.07 Å². The van der Waals surface area contributed by atoms with Crippen LogP contribution in [0.4, 0.5) is 5.82 Å². The predicted molar refractivity (Wildman–Crippen MR) is 69.2 cm³/mol. The number of anilines is 1. The quantitative estimate of drug-likeness (QED) is 0.692. The number of aromatic nitrogens is 2. The van der Waals surface area contributed by atoms with E-state index >= 15 is 0 Å². The standard InChI is InChI=1S/C12H19N3O3/c1-9(2)8-18-10-7-11(17)15(5-6-16)13-12(10)14(3)4/h6-7,9H,5,8H2,1-4H3. The molecule has 0 fully saturated rings. The monoisotopic (exact) mass is 253 g/mol. The van der Waals surface area contributed by atoms with Gasteiger partial charge < -0.3 is 14.4 Å². The molecule has 1 aromatic rings. The fraction of sp³-hybridized carbons (Fsp3) is 0.583. The Balaban J connectivity index is 3.12. The summed E-state index contributed by atoms with van der Waals surface area (Å²) in [5.41, 5.74) is -0.341. The topological polar surface area (TPSA) is 64.4 Å². The maximum absolute atomic E-state index is 11.7. The van der Waals surface area contributed by atoms with Crippen molar-refractivity contribution in [2.45, 2.75) is 20.4 Å². The summed E-state index contributed by atoms with van der Waals surface area (Å²) in [7, 11) is 3.61. The van der Waals surface area contributed by atoms with Crippen LogP contribution in [0.5, 0.6) is 5.75 Å². The first-order valence-corrected chi connectivity index (χ1v) is 5.81. The van der Waals surface area contributed by atoms with Crippen molar-refractivity contribution in [3.63, 3.8) is 0 Å². The van der Waals surface area contributed by atoms with Crippen molar-refractivity contribution in [2.24, 2.45) is 5.92 Å². The summed E-state index contributed by atoms with van der Waals surface area (Å²) < 4.78 is 6.68. The maximum Gasteiger partial charge on any atom is 0.271 e. The lowest BCUT2D eigenvalue weighted by Crippen LogP contribution is -2.27. The van der Waals surface area contributed by atoms with Gasteiger partial charge in [0.05, 0.1) is 12.7 Å². The molecule has 0 radical (unpaired) electrons. The minimum Gasteiger partial charge on any atom is -0.489 e. The van der Waals surface area contributed by atoms with E-state index in [4.69, 9.17) is 4.74 Å². The molecule has 0 saturated carbocycles. The molecule has 0 unspecified atom stereocenters. The van der Waals surface area contributed by atoms with E-state index < -0.39 is 0 Å². The highest BCUT2D eigenvalue weighted by atomic mass is 16.5. The van der Waals surface area contributed by atoms with Crippen LogP contribution in [0.25, 0.3) is 0 Å². The molecule has 0 atom stereocenters. The molecular weight excluding hydrogens is 234 g/mol. The third-order valence-corrected chi connectivity index (χ3v) is 2.19. The Morgan fingerprint density at radius 3 is 2.67 bits per heavy atom. The Labute approximate surface area is 106 Å². The zero-order chi connectivity index (χ0) is 13.7. The normalized spacial score (nSPS) is 10.5. The number of hydrogen-bond acceptors (Lipinski definition) is 5. The van der Waals surface area contributed by atoms with Crippen LogP contribution in [0.3, 0.4) is 0 Å². The highest BCUT2D eigenvalue weighted by Gasteiger charge is 2.12. The van der Waals surface area contributed by atoms with Crippen molar-refractivity contribution >= 4 is 12.1 Å². The summed E-state index contributed by atoms with van der Waals surface area (Å²) in [5, 5.41) is 4.11. The zero-order valence-corrected chi connectivity index (χ0v) is 11.2. The average molecular weight is 253 g/mol. The minimum atomic E-state index is -0.341. The molecule has 6 heteroatoms. The summed E-state index contributed by atoms with van der Waals surface area (Å²) in [5.74, 6) is 1.34. The van der Waals surface area contributed by atoms with Gasteiger partial charge >= 0.3 is 0 Å². The molecule has 0 spiro atoms. The molecule has 1 heterocycles. The summed E-state index contributed by atoms with van der Waals surface area (Å²) >= 11 is 0. The number of aldehydes is 1. The fourth-order valence-electron chi connectivity index (χ4n) is 1.34. The zero-order valence-electron chi connectivity index (χ0n) is 11.2. The third-order valence-electron chi connectivity index (χ3n) is 2.19. The largest absolute Gasteiger partial charge is 0.489 e. The first-order chi connectivity index (χ1) is 8.45. The molecule has 0 aromatic carbocycles. The fourth-order valence-corrected chi connectivity index (χ4v) is 1.34. The Bertz CT molecular complexity index is 466. The summed E-state index contributed by atoms with van der Waals surface area (Å²) in [6, 6.07) is 1.37. The second-order valence-corrected chi connectivity index (χ2v) is 4.62. The SMILES string of the molecule is CC(C)COc1cc(=O)n(CC=O)nc1N(C)C. The van der Waals surface area contributed by atoms with Crippen molar-refractivity contribution in [3.8, 4) is 5.75 Å². The van der Waals surface area contributed by atoms with Gasteiger partial charge in [-0.15, -0.1) is 5.10 Å². The molecule has 6 nitrogen and oxygen atoms in total. The molecule has 0 aliphatic heterocycles. The predicted octanol–water partition coefficient (Wildman–Crippen LogP) is 0.543. The molecule has 0 amide bonds. The number of rotatable bonds is 6. The molecule has 0 bridgehead atoms. The van der Waals surface area contributed by atoms with Crippen LogP contribution in [-0.2, 0) is 11.3 Å². The lowest BCUT2D eigenvalue weighted by atomic mass is 10.2. The van der Waals surface area contributed by atoms with Crippen LogP contribution in [0.2, 0.25) is 0 Å². The van der Waals surface area contributed by atoms with Gasteiger partial charge in [-0.2, -0.15) is 0 Å². The first-order valence-electron chi connectivity index (χ1n) is 5.81. The van der Waals surface area contributed by atoms with Crippen LogP contribution in [0, 0.1) is 5.92 Å². The molecule has 0 aliphatic rings. The number of nitrogens with zero attached hydrogens (tertiary/aromatic N) is 3. The Hall–Kier alpha value is -1.85. The van der Waals surface area contributed by atoms with Crippen molar-refractivity contribution in [1.82, 2.24) is 9.78 Å². The van der Waals surface area contributed by atoms with Crippen LogP contribution in [0.15, 0.2) is 10.9 Å². The van der Waals surface area contributed by atoms with Gasteiger partial charge in [0.25, 0.3) is 5.56 Å². The number of ether oxygens (including phenoxy) is 1. The van der Waals surface area contributed by atoms with Crippen molar-refractivity contribution in [3.05, 3.63) is 16.4 Å². The van der Waals surface area contributed by atoms with Gasteiger partial charge in [-0.1, -0.05) is 13.8 Å². The van der Waals surface area contributed by atoms with Gasteiger partial charge in [-0.3, -0.25) is 4.79 Å². The van der Waals surface area contributed by atoms with Gasteiger partial charge in [-0.25, -0.2) is 4.68 Å². The van der Waals surface area contributed by atoms with E-state index in [-0.39, 0.29) is 12.1 Å². The smallest absolute Gasteiger partial charge is 0.271 e. The maximum atomic E-state index is 11.7. The van der Waals surface area contributed by atoms with E-state index in [0.29, 0.717) is 30.4 Å². The first kappa shape index (κ1) is 14.2. The molecule has 0 N–H and O–H groups in total. The molecule has 0 aliphatic carbocycles. The summed E-state index contributed by atoms with van der Waals surface area (Å²) in [4.78, 5) is 23.9. The van der Waals surface area contributed by atoms with Gasteiger partial charge in [0.1, 0.15) is 12.8 Å². The molecule has 0 saturated heterocycles. The lowest BCUT2D eigenvalue weighted by molar-refractivity contribution is -0.108. The van der Waals surface area contributed by atoms with Crippen LogP contribution < -0.4 is 15.2 Å². The molecular formula is C12H19N3O3. The van der Waals surface area contributed by atoms with Crippen LogP contribution in [0.1, 0.15) is 13.8 Å². The lowest BCUT2D eigenvalue weighted by Gasteiger charge is -2.18. The number of carbonyl (C=O) groups is 1. The third kappa shape index (κ3) is 3.58. The molecule has 100 valence electrons. The second-order valence-electron chi connectivity index (χ2n) is 4.62. The second kappa shape index (κ2) is 6.18. The summed E-state index contributed by atoms with van der Waals surface area (Å²) in [6.07, 6.45) is 0.641. The highest BCUT2D eigenvalue weighted by Crippen LogP contribution is 2.22. The van der Waals surface area contributed by atoms with Crippen molar-refractivity contribution < 1.29 is 9.53 Å². The van der Waals surface area contributed by atoms with E-state index in [1.54, 1.807) is 19.0 Å². The van der Waals surface area contributed by atoms with Gasteiger partial charge in [0.2, 0.25) is 0 Å². The van der Waals surface area contributed by atoms with E-state index in [9.17, 15) is 9.59 Å². The van der Waals surface area contributed by atoms with E-state index in [2.05, 4.69) is 5.10 Å². The van der Waals surface area contributed by atoms with Gasteiger partial charge in [0.15, 0.2) is 11.6 Å². The van der Waals surface area contributed by atoms with Crippen LogP contribution in [-0.4, -0.2) is 36.8 Å². The highest BCUT2D eigenvalue weighted by molar-refractivity contribution is 5.52. The van der Waals surface area contributed by atoms with E-state index in [1.807, 2.05) is 13.8 Å². The van der Waals surface area contributed by atoms with Crippen molar-refractivity contribution in [1.29, 1.82) is 0 Å². The Morgan fingerprint density at radius 2 is 2.17 bits per heavy atom. The molecule has 1 rings (SSSR count). The minimum absolute atomic E-state index is 0.0515. The van der Waals surface area contributed by atoms with Gasteiger partial charge in [-0.05, 0) is 5.92 Å². The van der Waals surface area contributed by atoms with Crippen molar-refractivity contribution in [2.75, 3.05) is 25.6 Å².